The number of piperidine rings is 1. The Kier molecular flexibility index (Phi) is 2.04. The maximum atomic E-state index is 5.50. The van der Waals surface area contributed by atoms with E-state index >= 15 is 0 Å². The molecular weight excluding hydrogens is 164 g/mol. The van der Waals surface area contributed by atoms with Crippen molar-refractivity contribution in [3.05, 3.63) is 0 Å². The third-order valence-electron chi connectivity index (χ3n) is 3.74. The minimum absolute atomic E-state index is 0.766. The van der Waals surface area contributed by atoms with Gasteiger partial charge in [0.15, 0.2) is 0 Å². The van der Waals surface area contributed by atoms with Crippen LogP contribution in [-0.2, 0) is 4.74 Å². The van der Waals surface area contributed by atoms with E-state index in [-0.39, 0.29) is 0 Å². The fraction of sp³-hybridized carbons (Fsp3) is 1.00. The van der Waals surface area contributed by atoms with Crippen molar-refractivity contribution in [1.29, 1.82) is 0 Å². The van der Waals surface area contributed by atoms with Crippen molar-refractivity contribution in [2.45, 2.75) is 37.4 Å². The van der Waals surface area contributed by atoms with E-state index in [1.165, 1.54) is 32.4 Å². The van der Waals surface area contributed by atoms with Gasteiger partial charge in [0.1, 0.15) is 0 Å². The number of morpholine rings is 1. The Hall–Kier alpha value is -0.120. The van der Waals surface area contributed by atoms with Gasteiger partial charge in [-0.3, -0.25) is 4.90 Å². The monoisotopic (exact) mass is 182 g/mol. The van der Waals surface area contributed by atoms with Gasteiger partial charge in [-0.2, -0.15) is 0 Å². The molecule has 3 aliphatic heterocycles. The summed E-state index contributed by atoms with van der Waals surface area (Å²) in [5.41, 5.74) is 0. The number of fused-ring (bicyclic) bond motifs is 2. The van der Waals surface area contributed by atoms with Crippen molar-refractivity contribution in [2.75, 3.05) is 26.3 Å². The van der Waals surface area contributed by atoms with Gasteiger partial charge in [0.25, 0.3) is 0 Å². The minimum atomic E-state index is 0.766. The molecule has 13 heavy (non-hydrogen) atoms. The molecule has 3 rings (SSSR count). The van der Waals surface area contributed by atoms with Crippen LogP contribution in [0.25, 0.3) is 0 Å². The number of nitrogens with one attached hydrogen (secondary N) is 1. The standard InChI is InChI=1S/C10H18N2O/c1-3-11-4-2-8(1)12-9-5-10(12)7-13-6-9/h8-11H,1-7H2. The van der Waals surface area contributed by atoms with Crippen LogP contribution >= 0.6 is 0 Å². The van der Waals surface area contributed by atoms with Gasteiger partial charge >= 0.3 is 0 Å². The Labute approximate surface area is 79.4 Å². The SMILES string of the molecule is C1CC(N2C3COCC2C3)CCN1. The van der Waals surface area contributed by atoms with Crippen LogP contribution in [0.5, 0.6) is 0 Å². The van der Waals surface area contributed by atoms with Crippen LogP contribution in [0.1, 0.15) is 19.3 Å². The highest BCUT2D eigenvalue weighted by molar-refractivity contribution is 5.00. The Balaban J connectivity index is 1.64. The third kappa shape index (κ3) is 1.30. The Bertz CT molecular complexity index is 177. The van der Waals surface area contributed by atoms with Gasteiger partial charge in [-0.15, -0.1) is 0 Å². The maximum Gasteiger partial charge on any atom is 0.0623 e. The molecule has 0 radical (unpaired) electrons. The van der Waals surface area contributed by atoms with Gasteiger partial charge in [0.2, 0.25) is 0 Å². The highest BCUT2D eigenvalue weighted by Crippen LogP contribution is 2.35. The molecule has 3 nitrogen and oxygen atoms in total. The average Bonchev–Trinajstić information content (AvgIpc) is 2.20. The first-order valence-corrected chi connectivity index (χ1v) is 5.51. The van der Waals surface area contributed by atoms with Crippen LogP contribution in [0.2, 0.25) is 0 Å². The summed E-state index contributed by atoms with van der Waals surface area (Å²) in [7, 11) is 0. The molecule has 3 fully saturated rings. The third-order valence-corrected chi connectivity index (χ3v) is 3.74. The highest BCUT2D eigenvalue weighted by atomic mass is 16.5. The predicted molar refractivity (Wildman–Crippen MR) is 50.7 cm³/mol. The van der Waals surface area contributed by atoms with Crippen LogP contribution in [0.3, 0.4) is 0 Å². The minimum Gasteiger partial charge on any atom is -0.378 e. The fourth-order valence-electron chi connectivity index (χ4n) is 3.07. The van der Waals surface area contributed by atoms with E-state index in [2.05, 4.69) is 10.2 Å². The topological polar surface area (TPSA) is 24.5 Å². The smallest absolute Gasteiger partial charge is 0.0623 e. The molecule has 0 spiro atoms. The zero-order valence-corrected chi connectivity index (χ0v) is 8.04. The van der Waals surface area contributed by atoms with Gasteiger partial charge in [0, 0.05) is 18.1 Å². The molecule has 2 unspecified atom stereocenters. The summed E-state index contributed by atoms with van der Waals surface area (Å²) in [5, 5.41) is 3.43. The molecule has 74 valence electrons. The quantitative estimate of drug-likeness (QED) is 0.627. The predicted octanol–water partition coefficient (Wildman–Crippen LogP) is 0.211. The molecule has 0 aromatic rings. The molecule has 2 atom stereocenters. The van der Waals surface area contributed by atoms with Gasteiger partial charge < -0.3 is 10.1 Å². The maximum absolute atomic E-state index is 5.50. The first-order chi connectivity index (χ1) is 6.45. The van der Waals surface area contributed by atoms with E-state index in [0.29, 0.717) is 0 Å². The number of nitrogens with zero attached hydrogens (tertiary/aromatic N) is 1. The highest BCUT2D eigenvalue weighted by Gasteiger charge is 2.45. The molecule has 0 aromatic carbocycles. The molecule has 0 amide bonds. The van der Waals surface area contributed by atoms with Crippen LogP contribution in [0.15, 0.2) is 0 Å². The van der Waals surface area contributed by atoms with E-state index in [1.807, 2.05) is 0 Å². The second-order valence-electron chi connectivity index (χ2n) is 4.51. The normalized spacial score (nSPS) is 41.5. The Morgan fingerprint density at radius 1 is 1.00 bits per heavy atom. The van der Waals surface area contributed by atoms with Crippen LogP contribution < -0.4 is 5.32 Å². The summed E-state index contributed by atoms with van der Waals surface area (Å²) in [4.78, 5) is 2.73. The second-order valence-corrected chi connectivity index (χ2v) is 4.51. The molecule has 2 bridgehead atoms. The van der Waals surface area contributed by atoms with Gasteiger partial charge in [0.05, 0.1) is 13.2 Å². The van der Waals surface area contributed by atoms with E-state index in [9.17, 15) is 0 Å². The van der Waals surface area contributed by atoms with Crippen molar-refractivity contribution < 1.29 is 4.74 Å². The molecule has 0 aromatic heterocycles. The van der Waals surface area contributed by atoms with Crippen molar-refractivity contribution in [1.82, 2.24) is 10.2 Å². The molecule has 0 saturated carbocycles. The summed E-state index contributed by atoms with van der Waals surface area (Å²) in [6.45, 7) is 4.39. The lowest BCUT2D eigenvalue weighted by molar-refractivity contribution is -0.150. The second kappa shape index (κ2) is 3.23. The van der Waals surface area contributed by atoms with Crippen molar-refractivity contribution in [3.8, 4) is 0 Å². The summed E-state index contributed by atoms with van der Waals surface area (Å²) in [5.74, 6) is 0. The lowest BCUT2D eigenvalue weighted by Crippen LogP contribution is -2.67. The van der Waals surface area contributed by atoms with Crippen LogP contribution in [0, 0.1) is 0 Å². The number of ether oxygens (including phenoxy) is 1. The van der Waals surface area contributed by atoms with Crippen LogP contribution in [-0.4, -0.2) is 49.3 Å². The molecule has 3 heteroatoms. The first kappa shape index (κ1) is 8.21. The number of hydrogen-bond acceptors (Lipinski definition) is 3. The lowest BCUT2D eigenvalue weighted by Gasteiger charge is -2.56. The zero-order chi connectivity index (χ0) is 8.67. The van der Waals surface area contributed by atoms with Crippen molar-refractivity contribution in [3.63, 3.8) is 0 Å². The Morgan fingerprint density at radius 3 is 2.31 bits per heavy atom. The van der Waals surface area contributed by atoms with E-state index in [0.717, 1.165) is 31.3 Å². The van der Waals surface area contributed by atoms with Gasteiger partial charge in [-0.25, -0.2) is 0 Å². The first-order valence-electron chi connectivity index (χ1n) is 5.51. The van der Waals surface area contributed by atoms with E-state index in [4.69, 9.17) is 4.74 Å². The number of hydrogen-bond donors (Lipinski definition) is 1. The molecule has 3 heterocycles. The summed E-state index contributed by atoms with van der Waals surface area (Å²) < 4.78 is 5.50. The molecule has 3 aliphatic rings. The summed E-state index contributed by atoms with van der Waals surface area (Å²) >= 11 is 0. The average molecular weight is 182 g/mol. The number of rotatable bonds is 1. The molecule has 0 aliphatic carbocycles. The van der Waals surface area contributed by atoms with Crippen LogP contribution in [0.4, 0.5) is 0 Å². The fourth-order valence-corrected chi connectivity index (χ4v) is 3.07. The molecule has 3 saturated heterocycles. The summed E-state index contributed by atoms with van der Waals surface area (Å²) in [6.07, 6.45) is 4.07. The lowest BCUT2D eigenvalue weighted by atomic mass is 9.86. The van der Waals surface area contributed by atoms with Gasteiger partial charge in [-0.05, 0) is 32.4 Å². The summed E-state index contributed by atoms with van der Waals surface area (Å²) in [6, 6.07) is 2.39. The van der Waals surface area contributed by atoms with Gasteiger partial charge in [-0.1, -0.05) is 0 Å². The van der Waals surface area contributed by atoms with E-state index < -0.39 is 0 Å². The largest absolute Gasteiger partial charge is 0.378 e. The van der Waals surface area contributed by atoms with Crippen molar-refractivity contribution >= 4 is 0 Å². The van der Waals surface area contributed by atoms with Crippen molar-refractivity contribution in [2.24, 2.45) is 0 Å². The Morgan fingerprint density at radius 2 is 1.69 bits per heavy atom. The van der Waals surface area contributed by atoms with E-state index in [1.54, 1.807) is 0 Å². The zero-order valence-electron chi connectivity index (χ0n) is 8.04. The molecule has 1 N–H and O–H groups in total. The molecular formula is C10H18N2O.